The molecule has 9 nitrogen and oxygen atoms in total. The molecule has 0 N–H and O–H groups in total. The van der Waals surface area contributed by atoms with Gasteiger partial charge in [0, 0.05) is 37.9 Å². The van der Waals surface area contributed by atoms with Crippen LogP contribution in [0, 0.1) is 10.1 Å². The number of nitro groups is 1. The number of non-ortho nitro benzene ring substituents is 1. The summed E-state index contributed by atoms with van der Waals surface area (Å²) in [5, 5.41) is 11.6. The number of nitrogens with zero attached hydrogens (tertiary/aromatic N) is 5. The minimum Gasteiger partial charge on any atom is -0.280 e. The van der Waals surface area contributed by atoms with Crippen molar-refractivity contribution in [2.45, 2.75) is 29.5 Å². The van der Waals surface area contributed by atoms with E-state index in [0.717, 1.165) is 23.0 Å². The maximum Gasteiger partial charge on any atom is 0.332 e. The highest BCUT2D eigenvalue weighted by atomic mass is 32.2. The first kappa shape index (κ1) is 18.4. The minimum absolute atomic E-state index is 0.0288. The molecule has 28 heavy (non-hydrogen) atoms. The molecular weight excluding hydrogens is 382 g/mol. The first-order chi connectivity index (χ1) is 13.4. The second kappa shape index (κ2) is 6.86. The lowest BCUT2D eigenvalue weighted by molar-refractivity contribution is -0.384. The maximum atomic E-state index is 12.7. The van der Waals surface area contributed by atoms with Crippen LogP contribution in [0.4, 0.5) is 5.69 Å². The quantitative estimate of drug-likeness (QED) is 0.279. The van der Waals surface area contributed by atoms with Crippen LogP contribution < -0.4 is 11.2 Å². The SMILES string of the molecule is Cn1c(=O)c2c(SCc3ccc([N+](=O)[O-])cc3)nc(C3CC3)nc2n(C)c1=O. The highest BCUT2D eigenvalue weighted by Gasteiger charge is 2.29. The molecule has 2 aromatic heterocycles. The number of thioether (sulfide) groups is 1. The molecule has 0 atom stereocenters. The summed E-state index contributed by atoms with van der Waals surface area (Å²) in [5.74, 6) is 1.41. The fraction of sp³-hybridized carbons (Fsp3) is 0.333. The number of aromatic nitrogens is 4. The van der Waals surface area contributed by atoms with Gasteiger partial charge in [-0.1, -0.05) is 12.1 Å². The molecule has 1 saturated carbocycles. The van der Waals surface area contributed by atoms with E-state index in [2.05, 4.69) is 9.97 Å². The topological polar surface area (TPSA) is 113 Å². The highest BCUT2D eigenvalue weighted by Crippen LogP contribution is 2.39. The van der Waals surface area contributed by atoms with Crippen LogP contribution in [0.1, 0.15) is 30.1 Å². The van der Waals surface area contributed by atoms with Gasteiger partial charge in [-0.2, -0.15) is 0 Å². The lowest BCUT2D eigenvalue weighted by Gasteiger charge is -2.11. The molecule has 1 aliphatic carbocycles. The molecule has 1 aromatic carbocycles. The second-order valence-electron chi connectivity index (χ2n) is 6.78. The van der Waals surface area contributed by atoms with Crippen molar-refractivity contribution in [2.75, 3.05) is 0 Å². The van der Waals surface area contributed by atoms with Crippen molar-refractivity contribution in [3.05, 3.63) is 66.6 Å². The van der Waals surface area contributed by atoms with E-state index in [0.29, 0.717) is 27.6 Å². The van der Waals surface area contributed by atoms with Gasteiger partial charge >= 0.3 is 5.69 Å². The predicted octanol–water partition coefficient (Wildman–Crippen LogP) is 2.11. The van der Waals surface area contributed by atoms with Gasteiger partial charge in [0.2, 0.25) is 0 Å². The molecule has 144 valence electrons. The van der Waals surface area contributed by atoms with E-state index in [1.807, 2.05) is 0 Å². The van der Waals surface area contributed by atoms with Crippen molar-refractivity contribution < 1.29 is 4.92 Å². The molecule has 0 bridgehead atoms. The minimum atomic E-state index is -0.443. The number of aryl methyl sites for hydroxylation is 1. The monoisotopic (exact) mass is 399 g/mol. The van der Waals surface area contributed by atoms with E-state index in [-0.39, 0.29) is 11.6 Å². The molecule has 0 saturated heterocycles. The van der Waals surface area contributed by atoms with Crippen LogP contribution in [0.5, 0.6) is 0 Å². The maximum absolute atomic E-state index is 12.7. The Labute approximate surface area is 163 Å². The zero-order chi connectivity index (χ0) is 20.0. The summed E-state index contributed by atoms with van der Waals surface area (Å²) in [4.78, 5) is 44.5. The number of rotatable bonds is 5. The van der Waals surface area contributed by atoms with Crippen LogP contribution in [0.3, 0.4) is 0 Å². The van der Waals surface area contributed by atoms with Gasteiger partial charge in [-0.15, -0.1) is 11.8 Å². The van der Waals surface area contributed by atoms with E-state index < -0.39 is 16.2 Å². The lowest BCUT2D eigenvalue weighted by atomic mass is 10.2. The van der Waals surface area contributed by atoms with Crippen molar-refractivity contribution in [1.29, 1.82) is 0 Å². The summed E-state index contributed by atoms with van der Waals surface area (Å²) in [5.41, 5.74) is 0.394. The molecule has 0 aliphatic heterocycles. The summed E-state index contributed by atoms with van der Waals surface area (Å²) in [6, 6.07) is 6.27. The molecule has 0 amide bonds. The molecule has 0 unspecified atom stereocenters. The number of hydrogen-bond acceptors (Lipinski definition) is 7. The van der Waals surface area contributed by atoms with Crippen LogP contribution in [0.15, 0.2) is 38.9 Å². The molecule has 1 aliphatic rings. The Morgan fingerprint density at radius 2 is 1.82 bits per heavy atom. The van der Waals surface area contributed by atoms with Crippen molar-refractivity contribution >= 4 is 28.5 Å². The van der Waals surface area contributed by atoms with Gasteiger partial charge in [0.25, 0.3) is 11.2 Å². The third-order valence-electron chi connectivity index (χ3n) is 4.75. The highest BCUT2D eigenvalue weighted by molar-refractivity contribution is 7.98. The number of nitro benzene ring substituents is 1. The third kappa shape index (κ3) is 3.19. The number of benzene rings is 1. The summed E-state index contributed by atoms with van der Waals surface area (Å²) in [6.45, 7) is 0. The molecule has 4 rings (SSSR count). The van der Waals surface area contributed by atoms with E-state index in [1.54, 1.807) is 19.2 Å². The molecule has 3 aromatic rings. The van der Waals surface area contributed by atoms with E-state index in [4.69, 9.17) is 0 Å². The Hall–Kier alpha value is -3.01. The van der Waals surface area contributed by atoms with Gasteiger partial charge in [0.05, 0.1) is 4.92 Å². The first-order valence-electron chi connectivity index (χ1n) is 8.70. The molecule has 0 radical (unpaired) electrons. The van der Waals surface area contributed by atoms with Crippen molar-refractivity contribution in [2.24, 2.45) is 14.1 Å². The van der Waals surface area contributed by atoms with Gasteiger partial charge < -0.3 is 0 Å². The van der Waals surface area contributed by atoms with E-state index >= 15 is 0 Å². The Bertz CT molecular complexity index is 1210. The van der Waals surface area contributed by atoms with Crippen molar-refractivity contribution in [3.8, 4) is 0 Å². The van der Waals surface area contributed by atoms with Crippen LogP contribution in [-0.2, 0) is 19.8 Å². The molecule has 0 spiro atoms. The van der Waals surface area contributed by atoms with Crippen LogP contribution in [0.2, 0.25) is 0 Å². The normalized spacial score (nSPS) is 13.8. The third-order valence-corrected chi connectivity index (χ3v) is 5.80. The Balaban J connectivity index is 1.77. The molecule has 2 heterocycles. The average molecular weight is 399 g/mol. The smallest absolute Gasteiger partial charge is 0.280 e. The van der Waals surface area contributed by atoms with Gasteiger partial charge in [-0.3, -0.25) is 24.0 Å². The van der Waals surface area contributed by atoms with Crippen LogP contribution >= 0.6 is 11.8 Å². The fourth-order valence-electron chi connectivity index (χ4n) is 2.94. The lowest BCUT2D eigenvalue weighted by Crippen LogP contribution is -2.37. The van der Waals surface area contributed by atoms with E-state index in [9.17, 15) is 19.7 Å². The molecule has 10 heteroatoms. The Morgan fingerprint density at radius 3 is 2.43 bits per heavy atom. The summed E-state index contributed by atoms with van der Waals surface area (Å²) < 4.78 is 2.43. The Morgan fingerprint density at radius 1 is 1.14 bits per heavy atom. The van der Waals surface area contributed by atoms with Crippen molar-refractivity contribution in [1.82, 2.24) is 19.1 Å². The van der Waals surface area contributed by atoms with E-state index in [1.165, 1.54) is 35.5 Å². The van der Waals surface area contributed by atoms with Crippen LogP contribution in [-0.4, -0.2) is 24.0 Å². The van der Waals surface area contributed by atoms with Gasteiger partial charge in [-0.05, 0) is 18.4 Å². The number of hydrogen-bond donors (Lipinski definition) is 0. The zero-order valence-electron chi connectivity index (χ0n) is 15.3. The largest absolute Gasteiger partial charge is 0.332 e. The Kier molecular flexibility index (Phi) is 4.50. The molecule has 1 fully saturated rings. The summed E-state index contributed by atoms with van der Waals surface area (Å²) >= 11 is 1.36. The predicted molar refractivity (Wildman–Crippen MR) is 105 cm³/mol. The first-order valence-corrected chi connectivity index (χ1v) is 9.69. The standard InChI is InChI=1S/C18H17N5O4S/c1-21-15-13(17(24)22(2)18(21)25)16(20-14(19-15)11-5-6-11)28-9-10-3-7-12(8-4-10)23(26)27/h3-4,7-8,11H,5-6,9H2,1-2H3. The van der Waals surface area contributed by atoms with Gasteiger partial charge in [0.15, 0.2) is 5.65 Å². The zero-order valence-corrected chi connectivity index (χ0v) is 16.1. The van der Waals surface area contributed by atoms with Gasteiger partial charge in [0.1, 0.15) is 16.2 Å². The van der Waals surface area contributed by atoms with Crippen molar-refractivity contribution in [3.63, 3.8) is 0 Å². The van der Waals surface area contributed by atoms with Crippen LogP contribution in [0.25, 0.3) is 11.0 Å². The fourth-order valence-corrected chi connectivity index (χ4v) is 3.92. The summed E-state index contributed by atoms with van der Waals surface area (Å²) in [7, 11) is 3.03. The number of fused-ring (bicyclic) bond motifs is 1. The average Bonchev–Trinajstić information content (AvgIpc) is 3.54. The molecular formula is C18H17N5O4S. The second-order valence-corrected chi connectivity index (χ2v) is 7.74. The summed E-state index contributed by atoms with van der Waals surface area (Å²) in [6.07, 6.45) is 1.99. The van der Waals surface area contributed by atoms with Gasteiger partial charge in [-0.25, -0.2) is 14.8 Å².